The lowest BCUT2D eigenvalue weighted by molar-refractivity contribution is 0.901. The Labute approximate surface area is 164 Å². The number of rotatable bonds is 5. The number of halogens is 2. The van der Waals surface area contributed by atoms with E-state index in [4.69, 9.17) is 11.6 Å². The number of pyridine rings is 3. The molecule has 0 aliphatic carbocycles. The van der Waals surface area contributed by atoms with E-state index in [0.29, 0.717) is 5.02 Å². The SMILES string of the molecule is Clc1cnc2[nH]cc(Cc3ccc(CCc4ccc(Br)nc4)nc3)c2c1. The summed E-state index contributed by atoms with van der Waals surface area (Å²) in [6.07, 6.45) is 10.1. The van der Waals surface area contributed by atoms with Crippen molar-refractivity contribution in [2.45, 2.75) is 19.3 Å². The first-order valence-electron chi connectivity index (χ1n) is 8.33. The van der Waals surface area contributed by atoms with Crippen LogP contribution in [-0.2, 0) is 19.3 Å². The van der Waals surface area contributed by atoms with E-state index in [0.717, 1.165) is 40.6 Å². The second kappa shape index (κ2) is 7.56. The van der Waals surface area contributed by atoms with Gasteiger partial charge >= 0.3 is 0 Å². The molecule has 130 valence electrons. The van der Waals surface area contributed by atoms with Crippen LogP contribution >= 0.6 is 27.5 Å². The number of aryl methyl sites for hydroxylation is 2. The van der Waals surface area contributed by atoms with E-state index < -0.39 is 0 Å². The first-order valence-corrected chi connectivity index (χ1v) is 9.50. The van der Waals surface area contributed by atoms with Gasteiger partial charge < -0.3 is 4.98 Å². The van der Waals surface area contributed by atoms with Gasteiger partial charge in [0.1, 0.15) is 10.3 Å². The van der Waals surface area contributed by atoms with Gasteiger partial charge in [0, 0.05) is 42.3 Å². The lowest BCUT2D eigenvalue weighted by Crippen LogP contribution is -1.96. The van der Waals surface area contributed by atoms with Gasteiger partial charge in [-0.2, -0.15) is 0 Å². The Hall–Kier alpha value is -2.24. The average molecular weight is 428 g/mol. The summed E-state index contributed by atoms with van der Waals surface area (Å²) in [5.74, 6) is 0. The summed E-state index contributed by atoms with van der Waals surface area (Å²) in [4.78, 5) is 16.4. The van der Waals surface area contributed by atoms with Crippen LogP contribution in [0.2, 0.25) is 5.02 Å². The van der Waals surface area contributed by atoms with Crippen LogP contribution < -0.4 is 0 Å². The molecule has 0 saturated heterocycles. The quantitative estimate of drug-likeness (QED) is 0.448. The molecule has 0 radical (unpaired) electrons. The summed E-state index contributed by atoms with van der Waals surface area (Å²) in [6, 6.07) is 10.2. The highest BCUT2D eigenvalue weighted by Gasteiger charge is 2.07. The van der Waals surface area contributed by atoms with E-state index in [1.54, 1.807) is 6.20 Å². The van der Waals surface area contributed by atoms with E-state index >= 15 is 0 Å². The molecule has 4 aromatic heterocycles. The monoisotopic (exact) mass is 426 g/mol. The second-order valence-electron chi connectivity index (χ2n) is 6.19. The van der Waals surface area contributed by atoms with Crippen LogP contribution in [0, 0.1) is 0 Å². The molecule has 4 nitrogen and oxygen atoms in total. The third-order valence-corrected chi connectivity index (χ3v) is 5.00. The molecule has 0 aromatic carbocycles. The molecule has 0 saturated carbocycles. The van der Waals surface area contributed by atoms with Crippen LogP contribution in [-0.4, -0.2) is 19.9 Å². The highest BCUT2D eigenvalue weighted by atomic mass is 79.9. The van der Waals surface area contributed by atoms with Crippen molar-refractivity contribution < 1.29 is 0 Å². The fraction of sp³-hybridized carbons (Fsp3) is 0.150. The summed E-state index contributed by atoms with van der Waals surface area (Å²) in [7, 11) is 0. The number of aromatic nitrogens is 4. The van der Waals surface area contributed by atoms with Crippen LogP contribution in [0.3, 0.4) is 0 Å². The fourth-order valence-electron chi connectivity index (χ4n) is 2.93. The van der Waals surface area contributed by atoms with Crippen molar-refractivity contribution in [3.8, 4) is 0 Å². The number of H-pyrrole nitrogens is 1. The predicted molar refractivity (Wildman–Crippen MR) is 107 cm³/mol. The second-order valence-corrected chi connectivity index (χ2v) is 7.44. The largest absolute Gasteiger partial charge is 0.346 e. The molecule has 0 bridgehead atoms. The molecule has 0 spiro atoms. The molecule has 0 atom stereocenters. The molecule has 0 fully saturated rings. The zero-order chi connectivity index (χ0) is 17.9. The summed E-state index contributed by atoms with van der Waals surface area (Å²) in [5, 5.41) is 1.71. The molecule has 0 unspecified atom stereocenters. The molecule has 0 aliphatic rings. The van der Waals surface area contributed by atoms with Crippen LogP contribution in [0.5, 0.6) is 0 Å². The van der Waals surface area contributed by atoms with Crippen LogP contribution in [0.15, 0.2) is 59.7 Å². The first kappa shape index (κ1) is 17.2. The molecule has 1 N–H and O–H groups in total. The Bertz CT molecular complexity index is 1030. The van der Waals surface area contributed by atoms with Crippen LogP contribution in [0.1, 0.15) is 22.4 Å². The molecule has 0 amide bonds. The van der Waals surface area contributed by atoms with Crippen molar-refractivity contribution in [2.24, 2.45) is 0 Å². The number of hydrogen-bond acceptors (Lipinski definition) is 3. The van der Waals surface area contributed by atoms with Crippen LogP contribution in [0.25, 0.3) is 11.0 Å². The average Bonchev–Trinajstić information content (AvgIpc) is 3.04. The zero-order valence-corrected chi connectivity index (χ0v) is 16.3. The minimum Gasteiger partial charge on any atom is -0.346 e. The number of fused-ring (bicyclic) bond motifs is 1. The van der Waals surface area contributed by atoms with Gasteiger partial charge in [0.2, 0.25) is 0 Å². The third kappa shape index (κ3) is 3.94. The van der Waals surface area contributed by atoms with E-state index in [2.05, 4.69) is 54.1 Å². The minimum atomic E-state index is 0.647. The van der Waals surface area contributed by atoms with Crippen molar-refractivity contribution in [1.29, 1.82) is 0 Å². The van der Waals surface area contributed by atoms with E-state index in [9.17, 15) is 0 Å². The highest BCUT2D eigenvalue weighted by molar-refractivity contribution is 9.10. The van der Waals surface area contributed by atoms with Crippen molar-refractivity contribution in [3.05, 3.63) is 87.1 Å². The normalized spacial score (nSPS) is 11.2. The first-order chi connectivity index (χ1) is 12.7. The lowest BCUT2D eigenvalue weighted by atomic mass is 10.1. The van der Waals surface area contributed by atoms with Gasteiger partial charge in [-0.25, -0.2) is 9.97 Å². The van der Waals surface area contributed by atoms with Gasteiger partial charge in [0.25, 0.3) is 0 Å². The number of nitrogens with zero attached hydrogens (tertiary/aromatic N) is 3. The molecule has 4 heterocycles. The van der Waals surface area contributed by atoms with Crippen molar-refractivity contribution in [3.63, 3.8) is 0 Å². The third-order valence-electron chi connectivity index (χ3n) is 4.32. The summed E-state index contributed by atoms with van der Waals surface area (Å²) in [5.41, 5.74) is 5.49. The Balaban J connectivity index is 1.43. The summed E-state index contributed by atoms with van der Waals surface area (Å²) in [6.45, 7) is 0. The molecule has 26 heavy (non-hydrogen) atoms. The molecular formula is C20H16BrClN4. The maximum atomic E-state index is 6.07. The molecular weight excluding hydrogens is 412 g/mol. The fourth-order valence-corrected chi connectivity index (χ4v) is 3.33. The summed E-state index contributed by atoms with van der Waals surface area (Å²) >= 11 is 9.43. The number of aromatic amines is 1. The van der Waals surface area contributed by atoms with Gasteiger partial charge in [0.05, 0.1) is 5.02 Å². The van der Waals surface area contributed by atoms with Gasteiger partial charge in [-0.3, -0.25) is 4.98 Å². The zero-order valence-electron chi connectivity index (χ0n) is 13.9. The molecule has 0 aliphatic heterocycles. The molecule has 4 rings (SSSR count). The molecule has 6 heteroatoms. The van der Waals surface area contributed by atoms with E-state index in [-0.39, 0.29) is 0 Å². The van der Waals surface area contributed by atoms with Gasteiger partial charge in [-0.05, 0) is 63.7 Å². The molecule has 4 aromatic rings. The Kier molecular flexibility index (Phi) is 5.00. The smallest absolute Gasteiger partial charge is 0.137 e. The van der Waals surface area contributed by atoms with E-state index in [1.165, 1.54) is 16.7 Å². The summed E-state index contributed by atoms with van der Waals surface area (Å²) < 4.78 is 0.859. The standard InChI is InChI=1S/C20H16BrClN4/c21-19-6-3-13(9-24-19)1-4-17-5-2-14(10-23-17)7-15-11-25-20-18(15)8-16(22)12-26-20/h2-3,5-6,8-12H,1,4,7H2,(H,25,26). The Morgan fingerprint density at radius 1 is 0.923 bits per heavy atom. The Morgan fingerprint density at radius 2 is 1.77 bits per heavy atom. The van der Waals surface area contributed by atoms with Crippen molar-refractivity contribution in [1.82, 2.24) is 19.9 Å². The predicted octanol–water partition coefficient (Wildman–Crippen LogP) is 5.14. The maximum absolute atomic E-state index is 6.07. The lowest BCUT2D eigenvalue weighted by Gasteiger charge is -2.04. The van der Waals surface area contributed by atoms with Crippen molar-refractivity contribution in [2.75, 3.05) is 0 Å². The van der Waals surface area contributed by atoms with Crippen molar-refractivity contribution >= 4 is 38.6 Å². The Morgan fingerprint density at radius 3 is 2.54 bits per heavy atom. The minimum absolute atomic E-state index is 0.647. The number of hydrogen-bond donors (Lipinski definition) is 1. The highest BCUT2D eigenvalue weighted by Crippen LogP contribution is 2.22. The van der Waals surface area contributed by atoms with Gasteiger partial charge in [-0.15, -0.1) is 0 Å². The maximum Gasteiger partial charge on any atom is 0.137 e. The number of nitrogens with one attached hydrogen (secondary N) is 1. The van der Waals surface area contributed by atoms with Crippen LogP contribution in [0.4, 0.5) is 0 Å². The van der Waals surface area contributed by atoms with Gasteiger partial charge in [0.15, 0.2) is 0 Å². The van der Waals surface area contributed by atoms with Gasteiger partial charge in [-0.1, -0.05) is 23.7 Å². The van der Waals surface area contributed by atoms with E-state index in [1.807, 2.05) is 30.7 Å². The topological polar surface area (TPSA) is 54.5 Å².